The van der Waals surface area contributed by atoms with Crippen LogP contribution in [0.4, 0.5) is 24.5 Å². The van der Waals surface area contributed by atoms with Gasteiger partial charge >= 0.3 is 6.18 Å². The van der Waals surface area contributed by atoms with E-state index in [-0.39, 0.29) is 5.91 Å². The van der Waals surface area contributed by atoms with Gasteiger partial charge in [-0.1, -0.05) is 50.6 Å². The molecular weight excluding hydrogens is 449 g/mol. The average molecular weight is 489 g/mol. The molecule has 1 aliphatic heterocycles. The molecule has 3 nitrogen and oxygen atoms in total. The summed E-state index contributed by atoms with van der Waals surface area (Å²) in [7, 11) is 0. The second kappa shape index (κ2) is 13.8. The highest BCUT2D eigenvalue weighted by atomic mass is 19.4. The molecule has 1 aliphatic rings. The lowest BCUT2D eigenvalue weighted by atomic mass is 9.80. The molecule has 0 saturated carbocycles. The summed E-state index contributed by atoms with van der Waals surface area (Å²) < 4.78 is 39.0. The van der Waals surface area contributed by atoms with E-state index < -0.39 is 17.2 Å². The number of benzene rings is 2. The van der Waals surface area contributed by atoms with Crippen molar-refractivity contribution in [2.45, 2.75) is 72.9 Å². The van der Waals surface area contributed by atoms with E-state index in [1.54, 1.807) is 6.07 Å². The maximum absolute atomic E-state index is 13.0. The summed E-state index contributed by atoms with van der Waals surface area (Å²) >= 11 is 0. The Morgan fingerprint density at radius 2 is 1.71 bits per heavy atom. The number of hydrogen-bond acceptors (Lipinski definition) is 2. The van der Waals surface area contributed by atoms with Gasteiger partial charge in [0.1, 0.15) is 0 Å². The fourth-order valence-corrected chi connectivity index (χ4v) is 3.42. The molecule has 0 aliphatic carbocycles. The second-order valence-corrected chi connectivity index (χ2v) is 8.65. The van der Waals surface area contributed by atoms with Crippen molar-refractivity contribution in [3.63, 3.8) is 0 Å². The van der Waals surface area contributed by atoms with Gasteiger partial charge in [0.25, 0.3) is 0 Å². The third-order valence-electron chi connectivity index (χ3n) is 5.73. The second-order valence-electron chi connectivity index (χ2n) is 8.65. The van der Waals surface area contributed by atoms with Gasteiger partial charge in [-0.15, -0.1) is 0 Å². The summed E-state index contributed by atoms with van der Waals surface area (Å²) in [5.74, 6) is -0.00447. The normalized spacial score (nSPS) is 17.8. The Hall–Kier alpha value is -3.02. The lowest BCUT2D eigenvalue weighted by Gasteiger charge is -2.23. The summed E-state index contributed by atoms with van der Waals surface area (Å²) in [5, 5.41) is 5.97. The number of nitrogens with one attached hydrogen (secondary N) is 2. The van der Waals surface area contributed by atoms with Crippen LogP contribution in [0.2, 0.25) is 0 Å². The van der Waals surface area contributed by atoms with Crippen LogP contribution in [0.25, 0.3) is 5.57 Å². The van der Waals surface area contributed by atoms with Crippen molar-refractivity contribution in [1.29, 1.82) is 0 Å². The molecule has 1 fully saturated rings. The van der Waals surface area contributed by atoms with Gasteiger partial charge in [-0.05, 0) is 82.5 Å². The van der Waals surface area contributed by atoms with Crippen LogP contribution in [-0.4, -0.2) is 12.5 Å². The molecule has 0 bridgehead atoms. The van der Waals surface area contributed by atoms with Gasteiger partial charge in [0.05, 0.1) is 11.0 Å². The largest absolute Gasteiger partial charge is 0.416 e. The highest BCUT2D eigenvalue weighted by Gasteiger charge is 2.39. The molecular formula is C29H39F3N2O. The smallest absolute Gasteiger partial charge is 0.355 e. The third kappa shape index (κ3) is 8.30. The van der Waals surface area contributed by atoms with E-state index in [4.69, 9.17) is 0 Å². The number of hydrogen-bond donors (Lipinski definition) is 2. The van der Waals surface area contributed by atoms with Crippen molar-refractivity contribution in [2.75, 3.05) is 11.9 Å². The number of anilines is 2. The predicted molar refractivity (Wildman–Crippen MR) is 142 cm³/mol. The molecule has 1 unspecified atom stereocenters. The predicted octanol–water partition coefficient (Wildman–Crippen LogP) is 8.65. The zero-order valence-electron chi connectivity index (χ0n) is 21.9. The zero-order chi connectivity index (χ0) is 26.6. The molecule has 0 spiro atoms. The van der Waals surface area contributed by atoms with Crippen LogP contribution in [-0.2, 0) is 16.4 Å². The van der Waals surface area contributed by atoms with Crippen molar-refractivity contribution in [3.05, 3.63) is 77.4 Å². The number of carbonyl (C=O) groups excluding carboxylic acids is 1. The van der Waals surface area contributed by atoms with Crippen molar-refractivity contribution in [2.24, 2.45) is 0 Å². The van der Waals surface area contributed by atoms with Gasteiger partial charge in [-0.2, -0.15) is 13.2 Å². The summed E-state index contributed by atoms with van der Waals surface area (Å²) in [6.07, 6.45) is 3.50. The lowest BCUT2D eigenvalue weighted by molar-refractivity contribution is -0.137. The Kier molecular flexibility index (Phi) is 11.8. The monoisotopic (exact) mass is 488 g/mol. The van der Waals surface area contributed by atoms with E-state index in [1.807, 2.05) is 71.0 Å². The van der Waals surface area contributed by atoms with E-state index >= 15 is 0 Å². The Morgan fingerprint density at radius 1 is 1.09 bits per heavy atom. The van der Waals surface area contributed by atoms with Crippen molar-refractivity contribution in [3.8, 4) is 0 Å². The molecule has 0 aromatic heterocycles. The van der Waals surface area contributed by atoms with Gasteiger partial charge in [0.15, 0.2) is 0 Å². The van der Waals surface area contributed by atoms with Crippen LogP contribution in [0.15, 0.2) is 60.7 Å². The quantitative estimate of drug-likeness (QED) is 0.423. The molecule has 1 atom stereocenters. The standard InChI is InChI=1S/C22H23F3N2O.C4H8.C3H8/c1-4-14(2)18-13-15(21(3)10-11-26-20(21)28)8-9-19(18)27-17-7-5-6-16(12-17)22(23,24)25;1-3-4-2;1-3-2/h4-9,12-13,27H,10-11H2,1-3H3,(H,26,28);3-4H,1-2H3;3H2,1-2H3/b14-4+;4-3-;. The van der Waals surface area contributed by atoms with Crippen LogP contribution < -0.4 is 10.6 Å². The summed E-state index contributed by atoms with van der Waals surface area (Å²) in [4.78, 5) is 12.3. The molecule has 2 N–H and O–H groups in total. The topological polar surface area (TPSA) is 41.1 Å². The number of rotatable bonds is 4. The first kappa shape index (κ1) is 30.0. The van der Waals surface area contributed by atoms with E-state index in [0.29, 0.717) is 24.3 Å². The molecule has 192 valence electrons. The third-order valence-corrected chi connectivity index (χ3v) is 5.73. The number of amides is 1. The number of carbonyl (C=O) groups is 1. The molecule has 0 radical (unpaired) electrons. The zero-order valence-corrected chi connectivity index (χ0v) is 21.9. The first-order valence-corrected chi connectivity index (χ1v) is 12.1. The fourth-order valence-electron chi connectivity index (χ4n) is 3.42. The molecule has 3 rings (SSSR count). The maximum Gasteiger partial charge on any atom is 0.416 e. The first-order chi connectivity index (χ1) is 16.5. The van der Waals surface area contributed by atoms with Crippen LogP contribution >= 0.6 is 0 Å². The van der Waals surface area contributed by atoms with Gasteiger partial charge in [-0.25, -0.2) is 0 Å². The molecule has 1 amide bonds. The fraction of sp³-hybridized carbons (Fsp3) is 0.414. The highest BCUT2D eigenvalue weighted by molar-refractivity contribution is 5.90. The number of allylic oxidation sites excluding steroid dienone is 4. The molecule has 1 saturated heterocycles. The van der Waals surface area contributed by atoms with Crippen LogP contribution in [0.3, 0.4) is 0 Å². The average Bonchev–Trinajstić information content (AvgIpc) is 3.18. The molecule has 6 heteroatoms. The summed E-state index contributed by atoms with van der Waals surface area (Å²) in [6.45, 7) is 14.6. The van der Waals surface area contributed by atoms with E-state index in [9.17, 15) is 18.0 Å². The SMILES string of the molecule is C/C=C(\C)c1cc(C2(C)CCNC2=O)ccc1Nc1cccc(C(F)(F)F)c1.C/C=C\C.CCC. The highest BCUT2D eigenvalue weighted by Crippen LogP contribution is 2.37. The molecule has 35 heavy (non-hydrogen) atoms. The Labute approximate surface area is 208 Å². The minimum atomic E-state index is -4.39. The Morgan fingerprint density at radius 3 is 2.20 bits per heavy atom. The first-order valence-electron chi connectivity index (χ1n) is 12.1. The molecule has 1 heterocycles. The van der Waals surface area contributed by atoms with Crippen molar-refractivity contribution in [1.82, 2.24) is 5.32 Å². The van der Waals surface area contributed by atoms with Crippen LogP contribution in [0.5, 0.6) is 0 Å². The van der Waals surface area contributed by atoms with Gasteiger partial charge in [-0.3, -0.25) is 4.79 Å². The lowest BCUT2D eigenvalue weighted by Crippen LogP contribution is -2.32. The minimum absolute atomic E-state index is 0.00447. The Balaban J connectivity index is 0.000000778. The van der Waals surface area contributed by atoms with E-state index in [2.05, 4.69) is 24.5 Å². The van der Waals surface area contributed by atoms with Crippen LogP contribution in [0, 0.1) is 0 Å². The maximum atomic E-state index is 13.0. The van der Waals surface area contributed by atoms with Gasteiger partial charge in [0, 0.05) is 23.5 Å². The minimum Gasteiger partial charge on any atom is -0.355 e. The van der Waals surface area contributed by atoms with Crippen molar-refractivity contribution >= 4 is 22.9 Å². The number of alkyl halides is 3. The van der Waals surface area contributed by atoms with Gasteiger partial charge in [0.2, 0.25) is 5.91 Å². The van der Waals surface area contributed by atoms with E-state index in [0.717, 1.165) is 28.8 Å². The molecule has 2 aromatic rings. The van der Waals surface area contributed by atoms with Crippen molar-refractivity contribution < 1.29 is 18.0 Å². The molecule has 2 aromatic carbocycles. The summed E-state index contributed by atoms with van der Waals surface area (Å²) in [5.41, 5.74) is 2.48. The number of halogens is 3. The Bertz CT molecular complexity index is 1020. The summed E-state index contributed by atoms with van der Waals surface area (Å²) in [6, 6.07) is 10.8. The van der Waals surface area contributed by atoms with Crippen LogP contribution in [0.1, 0.15) is 78.0 Å². The van der Waals surface area contributed by atoms with E-state index in [1.165, 1.54) is 12.5 Å². The van der Waals surface area contributed by atoms with Gasteiger partial charge < -0.3 is 10.6 Å².